The van der Waals surface area contributed by atoms with Crippen molar-refractivity contribution in [1.29, 1.82) is 0 Å². The number of hydrogen-bond acceptors (Lipinski definition) is 3. The third-order valence-corrected chi connectivity index (χ3v) is 3.11. The van der Waals surface area contributed by atoms with Crippen molar-refractivity contribution in [2.75, 3.05) is 5.73 Å². The van der Waals surface area contributed by atoms with E-state index >= 15 is 0 Å². The maximum absolute atomic E-state index is 11.6. The predicted octanol–water partition coefficient (Wildman–Crippen LogP) is 2.29. The highest BCUT2D eigenvalue weighted by Crippen LogP contribution is 2.40. The summed E-state index contributed by atoms with van der Waals surface area (Å²) in [5.41, 5.74) is 9.62. The zero-order valence-electron chi connectivity index (χ0n) is 9.47. The molecule has 80 valence electrons. The Hall–Kier alpha value is -1.51. The van der Waals surface area contributed by atoms with Crippen LogP contribution < -0.4 is 5.73 Å². The number of hydrogen-bond donors (Lipinski definition) is 1. The SMILES string of the molecule is Cc1c(N)cc2c(c1C)C(C)(C)OC2=O. The Morgan fingerprint density at radius 3 is 2.47 bits per heavy atom. The standard InChI is InChI=1S/C12H15NO2/c1-6-7(2)10-8(5-9(6)13)11(14)15-12(10,3)4/h5H,13H2,1-4H3. The Kier molecular flexibility index (Phi) is 1.84. The summed E-state index contributed by atoms with van der Waals surface area (Å²) in [5.74, 6) is -0.273. The molecule has 0 saturated carbocycles. The lowest BCUT2D eigenvalue weighted by Gasteiger charge is -2.20. The number of benzene rings is 1. The van der Waals surface area contributed by atoms with E-state index in [1.807, 2.05) is 27.7 Å². The lowest BCUT2D eigenvalue weighted by atomic mass is 9.88. The summed E-state index contributed by atoms with van der Waals surface area (Å²) in [5, 5.41) is 0. The van der Waals surface area contributed by atoms with Crippen LogP contribution in [-0.4, -0.2) is 5.97 Å². The van der Waals surface area contributed by atoms with Crippen LogP contribution in [0.1, 0.15) is 40.9 Å². The number of cyclic esters (lactones) is 1. The summed E-state index contributed by atoms with van der Waals surface area (Å²) in [6.07, 6.45) is 0. The minimum atomic E-state index is -0.533. The van der Waals surface area contributed by atoms with Gasteiger partial charge in [0.2, 0.25) is 0 Å². The number of nitrogens with two attached hydrogens (primary N) is 1. The van der Waals surface area contributed by atoms with Gasteiger partial charge in [-0.3, -0.25) is 0 Å². The van der Waals surface area contributed by atoms with Crippen LogP contribution in [0.4, 0.5) is 5.69 Å². The molecule has 1 aromatic rings. The number of rotatable bonds is 0. The van der Waals surface area contributed by atoms with Crippen LogP contribution in [0, 0.1) is 13.8 Å². The normalized spacial score (nSPS) is 17.5. The Morgan fingerprint density at radius 1 is 1.27 bits per heavy atom. The average Bonchev–Trinajstić information content (AvgIpc) is 2.33. The third kappa shape index (κ3) is 1.23. The number of carbonyl (C=O) groups excluding carboxylic acids is 1. The van der Waals surface area contributed by atoms with Crippen LogP contribution in [0.2, 0.25) is 0 Å². The molecule has 0 fully saturated rings. The van der Waals surface area contributed by atoms with Gasteiger partial charge in [-0.05, 0) is 44.9 Å². The van der Waals surface area contributed by atoms with Crippen molar-refractivity contribution in [2.45, 2.75) is 33.3 Å². The van der Waals surface area contributed by atoms with Crippen molar-refractivity contribution < 1.29 is 9.53 Å². The Morgan fingerprint density at radius 2 is 1.87 bits per heavy atom. The van der Waals surface area contributed by atoms with Gasteiger partial charge < -0.3 is 10.5 Å². The van der Waals surface area contributed by atoms with Crippen LogP contribution in [0.5, 0.6) is 0 Å². The number of ether oxygens (including phenoxy) is 1. The minimum absolute atomic E-state index is 0.273. The highest BCUT2D eigenvalue weighted by atomic mass is 16.6. The molecule has 2 N–H and O–H groups in total. The van der Waals surface area contributed by atoms with Crippen LogP contribution in [0.15, 0.2) is 6.07 Å². The van der Waals surface area contributed by atoms with E-state index in [1.165, 1.54) is 0 Å². The van der Waals surface area contributed by atoms with Gasteiger partial charge >= 0.3 is 5.97 Å². The second-order valence-corrected chi connectivity index (χ2v) is 4.54. The van der Waals surface area contributed by atoms with Gasteiger partial charge in [0, 0.05) is 11.3 Å². The zero-order chi connectivity index (χ0) is 11.4. The first-order chi connectivity index (χ1) is 6.84. The molecule has 1 aliphatic rings. The largest absolute Gasteiger partial charge is 0.451 e. The van der Waals surface area contributed by atoms with Crippen molar-refractivity contribution in [2.24, 2.45) is 0 Å². The van der Waals surface area contributed by atoms with Gasteiger partial charge in [0.05, 0.1) is 5.56 Å². The van der Waals surface area contributed by atoms with E-state index < -0.39 is 5.60 Å². The van der Waals surface area contributed by atoms with Gasteiger partial charge in [0.1, 0.15) is 5.60 Å². The summed E-state index contributed by atoms with van der Waals surface area (Å²) in [6.45, 7) is 7.75. The summed E-state index contributed by atoms with van der Waals surface area (Å²) in [4.78, 5) is 11.6. The second kappa shape index (κ2) is 2.75. The molecular formula is C12H15NO2. The lowest BCUT2D eigenvalue weighted by Crippen LogP contribution is -2.17. The minimum Gasteiger partial charge on any atom is -0.451 e. The molecular weight excluding hydrogens is 190 g/mol. The van der Waals surface area contributed by atoms with Gasteiger partial charge in [-0.2, -0.15) is 0 Å². The number of nitrogen functional groups attached to an aromatic ring is 1. The molecule has 1 aromatic carbocycles. The van der Waals surface area contributed by atoms with Crippen molar-refractivity contribution in [3.05, 3.63) is 28.3 Å². The fraction of sp³-hybridized carbons (Fsp3) is 0.417. The number of carbonyl (C=O) groups is 1. The fourth-order valence-electron chi connectivity index (χ4n) is 2.22. The smallest absolute Gasteiger partial charge is 0.339 e. The molecule has 1 aliphatic heterocycles. The van der Waals surface area contributed by atoms with Gasteiger partial charge in [0.25, 0.3) is 0 Å². The molecule has 0 amide bonds. The van der Waals surface area contributed by atoms with Gasteiger partial charge in [0.15, 0.2) is 0 Å². The third-order valence-electron chi connectivity index (χ3n) is 3.11. The van der Waals surface area contributed by atoms with E-state index in [-0.39, 0.29) is 5.97 Å². The molecule has 1 heterocycles. The molecule has 0 unspecified atom stereocenters. The quantitative estimate of drug-likeness (QED) is 0.522. The fourth-order valence-corrected chi connectivity index (χ4v) is 2.22. The number of anilines is 1. The highest BCUT2D eigenvalue weighted by molar-refractivity contribution is 5.96. The van der Waals surface area contributed by atoms with Crippen LogP contribution >= 0.6 is 0 Å². The zero-order valence-corrected chi connectivity index (χ0v) is 9.47. The van der Waals surface area contributed by atoms with E-state index in [0.717, 1.165) is 16.7 Å². The molecule has 0 radical (unpaired) electrons. The Labute approximate surface area is 89.2 Å². The average molecular weight is 205 g/mol. The first kappa shape index (κ1) is 10.0. The molecule has 0 saturated heterocycles. The van der Waals surface area contributed by atoms with E-state index in [4.69, 9.17) is 10.5 Å². The van der Waals surface area contributed by atoms with Crippen molar-refractivity contribution in [3.8, 4) is 0 Å². The monoisotopic (exact) mass is 205 g/mol. The molecule has 0 bridgehead atoms. The molecule has 3 heteroatoms. The maximum Gasteiger partial charge on any atom is 0.339 e. The molecule has 0 aromatic heterocycles. The van der Waals surface area contributed by atoms with E-state index in [1.54, 1.807) is 6.07 Å². The van der Waals surface area contributed by atoms with E-state index in [9.17, 15) is 4.79 Å². The molecule has 0 spiro atoms. The molecule has 2 rings (SSSR count). The van der Waals surface area contributed by atoms with Crippen LogP contribution in [0.3, 0.4) is 0 Å². The number of fused-ring (bicyclic) bond motifs is 1. The first-order valence-corrected chi connectivity index (χ1v) is 4.98. The van der Waals surface area contributed by atoms with Crippen molar-refractivity contribution >= 4 is 11.7 Å². The van der Waals surface area contributed by atoms with Gasteiger partial charge in [-0.1, -0.05) is 0 Å². The second-order valence-electron chi connectivity index (χ2n) is 4.54. The Bertz CT molecular complexity index is 461. The molecule has 3 nitrogen and oxygen atoms in total. The topological polar surface area (TPSA) is 52.3 Å². The summed E-state index contributed by atoms with van der Waals surface area (Å²) >= 11 is 0. The van der Waals surface area contributed by atoms with Gasteiger partial charge in [-0.25, -0.2) is 4.79 Å². The van der Waals surface area contributed by atoms with Crippen molar-refractivity contribution in [1.82, 2.24) is 0 Å². The van der Waals surface area contributed by atoms with E-state index in [0.29, 0.717) is 11.3 Å². The van der Waals surface area contributed by atoms with E-state index in [2.05, 4.69) is 0 Å². The predicted molar refractivity (Wildman–Crippen MR) is 58.8 cm³/mol. The Balaban J connectivity index is 2.81. The van der Waals surface area contributed by atoms with Gasteiger partial charge in [-0.15, -0.1) is 0 Å². The molecule has 15 heavy (non-hydrogen) atoms. The first-order valence-electron chi connectivity index (χ1n) is 4.98. The summed E-state index contributed by atoms with van der Waals surface area (Å²) in [6, 6.07) is 1.72. The summed E-state index contributed by atoms with van der Waals surface area (Å²) in [7, 11) is 0. The molecule has 0 atom stereocenters. The van der Waals surface area contributed by atoms with Crippen molar-refractivity contribution in [3.63, 3.8) is 0 Å². The maximum atomic E-state index is 11.6. The highest BCUT2D eigenvalue weighted by Gasteiger charge is 2.39. The summed E-state index contributed by atoms with van der Waals surface area (Å²) < 4.78 is 5.32. The molecule has 0 aliphatic carbocycles. The van der Waals surface area contributed by atoms with Crippen LogP contribution in [-0.2, 0) is 10.3 Å². The van der Waals surface area contributed by atoms with Crippen LogP contribution in [0.25, 0.3) is 0 Å². The number of esters is 1. The lowest BCUT2D eigenvalue weighted by molar-refractivity contribution is 0.00938.